The number of hydrogen-bond donors (Lipinski definition) is 1. The van der Waals surface area contributed by atoms with Crippen LogP contribution >= 0.6 is 23.2 Å². The van der Waals surface area contributed by atoms with E-state index < -0.39 is 0 Å². The van der Waals surface area contributed by atoms with Gasteiger partial charge >= 0.3 is 0 Å². The summed E-state index contributed by atoms with van der Waals surface area (Å²) in [5.41, 5.74) is 1.75. The second kappa shape index (κ2) is 7.21. The Labute approximate surface area is 165 Å². The van der Waals surface area contributed by atoms with Gasteiger partial charge in [0.2, 0.25) is 11.8 Å². The van der Waals surface area contributed by atoms with Crippen molar-refractivity contribution in [2.75, 3.05) is 12.4 Å². The zero-order valence-electron chi connectivity index (χ0n) is 14.3. The number of benzene rings is 2. The highest BCUT2D eigenvalue weighted by atomic mass is 35.5. The lowest BCUT2D eigenvalue weighted by Gasteiger charge is -2.09. The van der Waals surface area contributed by atoms with Crippen LogP contribution in [-0.4, -0.2) is 23.2 Å². The second-order valence-corrected chi connectivity index (χ2v) is 7.04. The number of anilines is 1. The molecule has 1 amide bonds. The quantitative estimate of drug-likeness (QED) is 0.634. The van der Waals surface area contributed by atoms with E-state index in [2.05, 4.69) is 15.5 Å². The summed E-state index contributed by atoms with van der Waals surface area (Å²) in [4.78, 5) is 12.4. The van der Waals surface area contributed by atoms with Crippen LogP contribution in [0.5, 0.6) is 5.75 Å². The first-order valence-electron chi connectivity index (χ1n) is 8.33. The number of hydrogen-bond acceptors (Lipinski definition) is 5. The van der Waals surface area contributed by atoms with Gasteiger partial charge in [0.1, 0.15) is 0 Å². The Balaban J connectivity index is 1.48. The SMILES string of the molecule is COc1c(Cl)cc(C(=O)Nc2ccc(-c3nnc(C4CC4)o3)cc2)cc1Cl. The van der Waals surface area contributed by atoms with Crippen molar-refractivity contribution < 1.29 is 13.9 Å². The Kier molecular flexibility index (Phi) is 4.76. The zero-order chi connectivity index (χ0) is 19.0. The number of ether oxygens (including phenoxy) is 1. The molecule has 3 aromatic rings. The minimum absolute atomic E-state index is 0.272. The largest absolute Gasteiger partial charge is 0.494 e. The molecule has 1 saturated carbocycles. The van der Waals surface area contributed by atoms with Crippen molar-refractivity contribution in [1.82, 2.24) is 10.2 Å². The summed E-state index contributed by atoms with van der Waals surface area (Å²) in [7, 11) is 1.46. The summed E-state index contributed by atoms with van der Waals surface area (Å²) in [5.74, 6) is 1.58. The van der Waals surface area contributed by atoms with Gasteiger partial charge in [-0.3, -0.25) is 4.79 Å². The number of nitrogens with zero attached hydrogens (tertiary/aromatic N) is 2. The van der Waals surface area contributed by atoms with Crippen LogP contribution in [0.4, 0.5) is 5.69 Å². The summed E-state index contributed by atoms with van der Waals surface area (Å²) in [6.45, 7) is 0. The number of carbonyl (C=O) groups excluding carboxylic acids is 1. The fourth-order valence-corrected chi connectivity index (χ4v) is 3.27. The van der Waals surface area contributed by atoms with Crippen molar-refractivity contribution in [2.45, 2.75) is 18.8 Å². The van der Waals surface area contributed by atoms with Gasteiger partial charge in [-0.05, 0) is 49.2 Å². The third-order valence-corrected chi connectivity index (χ3v) is 4.78. The average molecular weight is 404 g/mol. The summed E-state index contributed by atoms with van der Waals surface area (Å²) < 4.78 is 10.8. The first-order chi connectivity index (χ1) is 13.0. The van der Waals surface area contributed by atoms with Gasteiger partial charge in [0.15, 0.2) is 5.75 Å². The summed E-state index contributed by atoms with van der Waals surface area (Å²) in [6, 6.07) is 10.2. The molecule has 0 aliphatic heterocycles. The smallest absolute Gasteiger partial charge is 0.255 e. The molecule has 6 nitrogen and oxygen atoms in total. The summed E-state index contributed by atoms with van der Waals surface area (Å²) in [6.07, 6.45) is 2.21. The predicted octanol–water partition coefficient (Wildman–Crippen LogP) is 5.18. The van der Waals surface area contributed by atoms with E-state index in [1.807, 2.05) is 12.1 Å². The number of aromatic nitrogens is 2. The van der Waals surface area contributed by atoms with Crippen LogP contribution in [0.25, 0.3) is 11.5 Å². The van der Waals surface area contributed by atoms with Crippen molar-refractivity contribution in [3.05, 3.63) is 57.9 Å². The van der Waals surface area contributed by atoms with Gasteiger partial charge in [-0.25, -0.2) is 0 Å². The minimum atomic E-state index is -0.331. The third-order valence-electron chi connectivity index (χ3n) is 4.22. The Morgan fingerprint density at radius 1 is 1.15 bits per heavy atom. The minimum Gasteiger partial charge on any atom is -0.494 e. The highest BCUT2D eigenvalue weighted by molar-refractivity contribution is 6.37. The molecule has 2 aromatic carbocycles. The Hall–Kier alpha value is -2.57. The second-order valence-electron chi connectivity index (χ2n) is 6.22. The fraction of sp³-hybridized carbons (Fsp3) is 0.211. The molecule has 0 spiro atoms. The van der Waals surface area contributed by atoms with Gasteiger partial charge in [-0.1, -0.05) is 23.2 Å². The Bertz CT molecular complexity index is 975. The first-order valence-corrected chi connectivity index (χ1v) is 9.09. The molecule has 138 valence electrons. The lowest BCUT2D eigenvalue weighted by atomic mass is 10.1. The van der Waals surface area contributed by atoms with Crippen molar-refractivity contribution >= 4 is 34.8 Å². The van der Waals surface area contributed by atoms with Crippen LogP contribution < -0.4 is 10.1 Å². The molecule has 1 fully saturated rings. The predicted molar refractivity (Wildman–Crippen MR) is 103 cm³/mol. The van der Waals surface area contributed by atoms with E-state index in [9.17, 15) is 4.79 Å². The number of halogens is 2. The topological polar surface area (TPSA) is 77.2 Å². The van der Waals surface area contributed by atoms with Gasteiger partial charge in [0.05, 0.1) is 17.2 Å². The number of rotatable bonds is 5. The molecule has 1 aliphatic carbocycles. The summed E-state index contributed by atoms with van der Waals surface area (Å²) >= 11 is 12.2. The maximum absolute atomic E-state index is 12.4. The molecule has 1 aromatic heterocycles. The van der Waals surface area contributed by atoms with Gasteiger partial charge in [0.25, 0.3) is 5.91 Å². The molecular weight excluding hydrogens is 389 g/mol. The van der Waals surface area contributed by atoms with Gasteiger partial charge < -0.3 is 14.5 Å². The van der Waals surface area contributed by atoms with Gasteiger partial charge in [-0.2, -0.15) is 0 Å². The summed E-state index contributed by atoms with van der Waals surface area (Å²) in [5, 5.41) is 11.5. The van der Waals surface area contributed by atoms with Crippen LogP contribution in [0, 0.1) is 0 Å². The molecule has 1 N–H and O–H groups in total. The van der Waals surface area contributed by atoms with E-state index in [1.54, 1.807) is 12.1 Å². The lowest BCUT2D eigenvalue weighted by molar-refractivity contribution is 0.102. The molecule has 1 aliphatic rings. The van der Waals surface area contributed by atoms with Crippen LogP contribution in [0.2, 0.25) is 10.0 Å². The average Bonchev–Trinajstić information content (AvgIpc) is 3.39. The maximum Gasteiger partial charge on any atom is 0.255 e. The molecule has 0 radical (unpaired) electrons. The number of methoxy groups -OCH3 is 1. The molecule has 8 heteroatoms. The van der Waals surface area contributed by atoms with Crippen molar-refractivity contribution in [2.24, 2.45) is 0 Å². The van der Waals surface area contributed by atoms with Crippen LogP contribution in [0.1, 0.15) is 35.0 Å². The molecular formula is C19H15Cl2N3O3. The van der Waals surface area contributed by atoms with Crippen molar-refractivity contribution in [1.29, 1.82) is 0 Å². The van der Waals surface area contributed by atoms with Crippen molar-refractivity contribution in [3.8, 4) is 17.2 Å². The molecule has 1 heterocycles. The van der Waals surface area contributed by atoms with Gasteiger partial charge in [-0.15, -0.1) is 10.2 Å². The van der Waals surface area contributed by atoms with E-state index in [1.165, 1.54) is 19.2 Å². The normalized spacial score (nSPS) is 13.4. The highest BCUT2D eigenvalue weighted by Gasteiger charge is 2.29. The Morgan fingerprint density at radius 2 is 1.81 bits per heavy atom. The van der Waals surface area contributed by atoms with Crippen LogP contribution in [-0.2, 0) is 0 Å². The monoisotopic (exact) mass is 403 g/mol. The highest BCUT2D eigenvalue weighted by Crippen LogP contribution is 2.40. The van der Waals surface area contributed by atoms with E-state index in [0.717, 1.165) is 18.4 Å². The molecule has 0 unspecified atom stereocenters. The maximum atomic E-state index is 12.4. The van der Waals surface area contributed by atoms with Crippen LogP contribution in [0.3, 0.4) is 0 Å². The number of carbonyl (C=O) groups is 1. The van der Waals surface area contributed by atoms with E-state index in [-0.39, 0.29) is 16.0 Å². The van der Waals surface area contributed by atoms with Gasteiger partial charge in [0, 0.05) is 22.7 Å². The molecule has 0 bridgehead atoms. The lowest BCUT2D eigenvalue weighted by Crippen LogP contribution is -2.12. The molecule has 27 heavy (non-hydrogen) atoms. The molecule has 4 rings (SSSR count). The Morgan fingerprint density at radius 3 is 2.41 bits per heavy atom. The molecule has 0 saturated heterocycles. The third kappa shape index (κ3) is 3.77. The number of amides is 1. The first kappa shape index (κ1) is 17.8. The zero-order valence-corrected chi connectivity index (χ0v) is 15.8. The van der Waals surface area contributed by atoms with Crippen LogP contribution in [0.15, 0.2) is 40.8 Å². The van der Waals surface area contributed by atoms with E-state index >= 15 is 0 Å². The fourth-order valence-electron chi connectivity index (χ4n) is 2.63. The number of nitrogens with one attached hydrogen (secondary N) is 1. The van der Waals surface area contributed by atoms with E-state index in [0.29, 0.717) is 34.7 Å². The van der Waals surface area contributed by atoms with Crippen molar-refractivity contribution in [3.63, 3.8) is 0 Å². The standard InChI is InChI=1S/C19H15Cl2N3O3/c1-26-16-14(20)8-12(9-15(16)21)17(25)22-13-6-4-11(5-7-13)19-24-23-18(27-19)10-2-3-10/h4-10H,2-3H2,1H3,(H,22,25). The van der Waals surface area contributed by atoms with E-state index in [4.69, 9.17) is 32.4 Å². The molecule has 0 atom stereocenters.